The average Bonchev–Trinajstić information content (AvgIpc) is 2.54. The van der Waals surface area contributed by atoms with Crippen molar-refractivity contribution in [3.8, 4) is 12.1 Å². The first-order chi connectivity index (χ1) is 10.9. The van der Waals surface area contributed by atoms with Crippen molar-refractivity contribution < 1.29 is 19.2 Å². The molecule has 1 aromatic carbocycles. The van der Waals surface area contributed by atoms with Crippen LogP contribution in [0, 0.1) is 32.8 Å². The Morgan fingerprint density at radius 2 is 2.00 bits per heavy atom. The van der Waals surface area contributed by atoms with E-state index < -0.39 is 16.6 Å². The molecule has 1 N–H and O–H groups in total. The summed E-state index contributed by atoms with van der Waals surface area (Å²) in [4.78, 5) is 22.2. The number of nitro benzene ring substituents is 1. The largest absolute Gasteiger partial charge is 0.462 e. The van der Waals surface area contributed by atoms with Crippen molar-refractivity contribution in [1.29, 1.82) is 10.5 Å². The number of hydrogen-bond acceptors (Lipinski definition) is 8. The number of nitrogens with zero attached hydrogens (tertiary/aromatic N) is 3. The van der Waals surface area contributed by atoms with Gasteiger partial charge in [0.05, 0.1) is 22.8 Å². The molecule has 0 unspecified atom stereocenters. The number of rotatable bonds is 7. The first-order valence-electron chi connectivity index (χ1n) is 6.63. The van der Waals surface area contributed by atoms with E-state index in [-0.39, 0.29) is 30.2 Å². The van der Waals surface area contributed by atoms with Crippen molar-refractivity contribution in [3.05, 3.63) is 33.9 Å². The van der Waals surface area contributed by atoms with Gasteiger partial charge >= 0.3 is 11.7 Å². The van der Waals surface area contributed by atoms with E-state index >= 15 is 0 Å². The van der Waals surface area contributed by atoms with E-state index in [9.17, 15) is 25.4 Å². The second-order valence-corrected chi connectivity index (χ2v) is 4.17. The van der Waals surface area contributed by atoms with Crippen LogP contribution in [0.2, 0.25) is 0 Å². The van der Waals surface area contributed by atoms with Gasteiger partial charge in [-0.15, -0.1) is 0 Å². The lowest BCUT2D eigenvalue weighted by Crippen LogP contribution is -2.38. The lowest BCUT2D eigenvalue weighted by molar-refractivity contribution is -0.384. The topological polar surface area (TPSA) is 138 Å². The van der Waals surface area contributed by atoms with Gasteiger partial charge in [-0.3, -0.25) is 10.1 Å². The first-order valence-corrected chi connectivity index (χ1v) is 6.63. The summed E-state index contributed by atoms with van der Waals surface area (Å²) in [6.07, 6.45) is 0. The van der Waals surface area contributed by atoms with Crippen LogP contribution < -0.4 is 5.32 Å². The van der Waals surface area contributed by atoms with Gasteiger partial charge in [0.15, 0.2) is 0 Å². The maximum Gasteiger partial charge on any atom is 0.340 e. The lowest BCUT2D eigenvalue weighted by Gasteiger charge is -2.22. The SMILES string of the molecule is CCOC(=O)c1ccc([N+](=O)[O-])cc1NC(C#N)(C#N)OCC. The third kappa shape index (κ3) is 4.15. The van der Waals surface area contributed by atoms with Crippen molar-refractivity contribution in [2.45, 2.75) is 19.6 Å². The van der Waals surface area contributed by atoms with Gasteiger partial charge in [0, 0.05) is 18.7 Å². The number of benzene rings is 1. The van der Waals surface area contributed by atoms with E-state index in [1.54, 1.807) is 26.0 Å². The molecular formula is C14H14N4O5. The molecule has 0 heterocycles. The number of carbonyl (C=O) groups is 1. The van der Waals surface area contributed by atoms with Gasteiger partial charge in [-0.25, -0.2) is 4.79 Å². The number of esters is 1. The molecule has 9 heteroatoms. The van der Waals surface area contributed by atoms with Crippen molar-refractivity contribution in [2.75, 3.05) is 18.5 Å². The second-order valence-electron chi connectivity index (χ2n) is 4.17. The molecule has 0 aliphatic heterocycles. The lowest BCUT2D eigenvalue weighted by atomic mass is 10.1. The third-order valence-corrected chi connectivity index (χ3v) is 2.70. The van der Waals surface area contributed by atoms with E-state index in [0.29, 0.717) is 0 Å². The highest BCUT2D eigenvalue weighted by atomic mass is 16.6. The highest BCUT2D eigenvalue weighted by Gasteiger charge is 2.33. The molecule has 0 spiro atoms. The molecule has 23 heavy (non-hydrogen) atoms. The minimum atomic E-state index is -2.08. The molecule has 0 radical (unpaired) electrons. The molecule has 1 rings (SSSR count). The maximum atomic E-state index is 11.9. The Kier molecular flexibility index (Phi) is 6.01. The minimum Gasteiger partial charge on any atom is -0.462 e. The van der Waals surface area contributed by atoms with Gasteiger partial charge < -0.3 is 14.8 Å². The fourth-order valence-corrected chi connectivity index (χ4v) is 1.72. The molecule has 0 saturated carbocycles. The minimum absolute atomic E-state index is 0.0395. The van der Waals surface area contributed by atoms with Gasteiger partial charge in [-0.2, -0.15) is 10.5 Å². The predicted octanol–water partition coefficient (Wildman–Crippen LogP) is 1.96. The Morgan fingerprint density at radius 1 is 1.35 bits per heavy atom. The summed E-state index contributed by atoms with van der Waals surface area (Å²) < 4.78 is 9.93. The van der Waals surface area contributed by atoms with E-state index in [2.05, 4.69) is 5.32 Å². The molecule has 1 aromatic rings. The van der Waals surface area contributed by atoms with Crippen molar-refractivity contribution in [2.24, 2.45) is 0 Å². The van der Waals surface area contributed by atoms with Gasteiger partial charge in [0.2, 0.25) is 0 Å². The van der Waals surface area contributed by atoms with E-state index in [1.807, 2.05) is 0 Å². The Hall–Kier alpha value is -3.17. The number of anilines is 1. The van der Waals surface area contributed by atoms with Crippen molar-refractivity contribution >= 4 is 17.3 Å². The van der Waals surface area contributed by atoms with Crippen LogP contribution >= 0.6 is 0 Å². The molecule has 120 valence electrons. The maximum absolute atomic E-state index is 11.9. The third-order valence-electron chi connectivity index (χ3n) is 2.70. The zero-order valence-electron chi connectivity index (χ0n) is 12.5. The van der Waals surface area contributed by atoms with Gasteiger partial charge in [0.25, 0.3) is 5.69 Å². The Balaban J connectivity index is 3.38. The van der Waals surface area contributed by atoms with Crippen LogP contribution in [0.3, 0.4) is 0 Å². The van der Waals surface area contributed by atoms with Crippen LogP contribution in [-0.4, -0.2) is 29.8 Å². The fraction of sp³-hybridized carbons (Fsp3) is 0.357. The number of hydrogen-bond donors (Lipinski definition) is 1. The molecule has 0 amide bonds. The van der Waals surface area contributed by atoms with Gasteiger partial charge in [-0.1, -0.05) is 0 Å². The summed E-state index contributed by atoms with van der Waals surface area (Å²) in [6.45, 7) is 3.32. The van der Waals surface area contributed by atoms with E-state index in [4.69, 9.17) is 9.47 Å². The van der Waals surface area contributed by atoms with Crippen molar-refractivity contribution in [3.63, 3.8) is 0 Å². The molecule has 0 aromatic heterocycles. The van der Waals surface area contributed by atoms with E-state index in [0.717, 1.165) is 12.1 Å². The normalized spacial score (nSPS) is 10.3. The van der Waals surface area contributed by atoms with Crippen LogP contribution in [0.4, 0.5) is 11.4 Å². The molecule has 0 fully saturated rings. The quantitative estimate of drug-likeness (QED) is 0.348. The molecule has 0 bridgehead atoms. The molecule has 0 aliphatic rings. The standard InChI is InChI=1S/C14H14N4O5/c1-3-22-13(19)11-6-5-10(18(20)21)7-12(11)17-14(8-15,9-16)23-4-2/h5-7,17H,3-4H2,1-2H3. The first kappa shape index (κ1) is 17.9. The van der Waals surface area contributed by atoms with Crippen LogP contribution in [0.1, 0.15) is 24.2 Å². The molecule has 9 nitrogen and oxygen atoms in total. The molecular weight excluding hydrogens is 304 g/mol. The summed E-state index contributed by atoms with van der Waals surface area (Å²) in [5.74, 6) is -0.744. The fourth-order valence-electron chi connectivity index (χ4n) is 1.72. The average molecular weight is 318 g/mol. The van der Waals surface area contributed by atoms with Gasteiger partial charge in [-0.05, 0) is 19.9 Å². The number of carbonyl (C=O) groups excluding carboxylic acids is 1. The second kappa shape index (κ2) is 7.73. The molecule has 0 aliphatic carbocycles. The van der Waals surface area contributed by atoms with Crippen molar-refractivity contribution in [1.82, 2.24) is 0 Å². The summed E-state index contributed by atoms with van der Waals surface area (Å²) in [5.41, 5.74) is -2.55. The number of non-ortho nitro benzene ring substituents is 1. The Bertz CT molecular complexity index is 675. The number of nitro groups is 1. The zero-order valence-corrected chi connectivity index (χ0v) is 12.5. The van der Waals surface area contributed by atoms with Crippen LogP contribution in [0.5, 0.6) is 0 Å². The molecule has 0 saturated heterocycles. The summed E-state index contributed by atoms with van der Waals surface area (Å²) in [7, 11) is 0. The monoisotopic (exact) mass is 318 g/mol. The highest BCUT2D eigenvalue weighted by Crippen LogP contribution is 2.26. The smallest absolute Gasteiger partial charge is 0.340 e. The van der Waals surface area contributed by atoms with E-state index in [1.165, 1.54) is 6.07 Å². The predicted molar refractivity (Wildman–Crippen MR) is 78.3 cm³/mol. The van der Waals surface area contributed by atoms with Crippen LogP contribution in [0.15, 0.2) is 18.2 Å². The Morgan fingerprint density at radius 3 is 2.48 bits per heavy atom. The summed E-state index contributed by atoms with van der Waals surface area (Å²) in [6, 6.07) is 6.63. The van der Waals surface area contributed by atoms with Crippen LogP contribution in [-0.2, 0) is 9.47 Å². The molecule has 0 atom stereocenters. The number of ether oxygens (including phenoxy) is 2. The Labute approximate surface area is 132 Å². The summed E-state index contributed by atoms with van der Waals surface area (Å²) in [5, 5.41) is 31.7. The summed E-state index contributed by atoms with van der Waals surface area (Å²) >= 11 is 0. The van der Waals surface area contributed by atoms with Gasteiger partial charge in [0.1, 0.15) is 12.1 Å². The number of nitrogens with one attached hydrogen (secondary N) is 1. The van der Waals surface area contributed by atoms with Crippen LogP contribution in [0.25, 0.3) is 0 Å². The zero-order chi connectivity index (χ0) is 17.5. The highest BCUT2D eigenvalue weighted by molar-refractivity contribution is 5.96. The number of nitriles is 2.